The summed E-state index contributed by atoms with van der Waals surface area (Å²) in [6, 6.07) is 5.59. The lowest BCUT2D eigenvalue weighted by atomic mass is 9.95. The molecule has 6 heteroatoms. The highest BCUT2D eigenvalue weighted by Crippen LogP contribution is 2.39. The highest BCUT2D eigenvalue weighted by atomic mass is 35.5. The van der Waals surface area contributed by atoms with Gasteiger partial charge in [0.2, 0.25) is 0 Å². The number of aromatic nitrogens is 1. The van der Waals surface area contributed by atoms with Crippen molar-refractivity contribution in [3.05, 3.63) is 52.3 Å². The zero-order valence-electron chi connectivity index (χ0n) is 13.1. The summed E-state index contributed by atoms with van der Waals surface area (Å²) in [4.78, 5) is 6.14. The number of aliphatic hydroxyl groups excluding tert-OH is 1. The lowest BCUT2D eigenvalue weighted by molar-refractivity contribution is 0.0843. The van der Waals surface area contributed by atoms with E-state index in [0.29, 0.717) is 30.4 Å². The zero-order chi connectivity index (χ0) is 16.4. The monoisotopic (exact) mass is 334 g/mol. The Bertz CT molecular complexity index is 708. The Morgan fingerprint density at radius 2 is 2.00 bits per heavy atom. The van der Waals surface area contributed by atoms with Crippen molar-refractivity contribution < 1.29 is 14.6 Å². The molecule has 122 valence electrons. The van der Waals surface area contributed by atoms with Crippen LogP contribution in [0.2, 0.25) is 5.02 Å². The molecule has 0 fully saturated rings. The smallest absolute Gasteiger partial charge is 0.125 e. The number of β-amino-alcohol motifs (C(OH)–C–C–N with tert-alkyl or cyclic N) is 1. The van der Waals surface area contributed by atoms with Crippen molar-refractivity contribution in [3.8, 4) is 11.5 Å². The van der Waals surface area contributed by atoms with E-state index in [2.05, 4.69) is 9.88 Å². The first-order valence-electron chi connectivity index (χ1n) is 7.36. The van der Waals surface area contributed by atoms with E-state index in [0.717, 1.165) is 22.4 Å². The molecule has 1 aromatic carbocycles. The second-order valence-electron chi connectivity index (χ2n) is 5.51. The second-order valence-corrected chi connectivity index (χ2v) is 5.92. The van der Waals surface area contributed by atoms with Crippen molar-refractivity contribution >= 4 is 11.6 Å². The highest BCUT2D eigenvalue weighted by molar-refractivity contribution is 6.31. The van der Waals surface area contributed by atoms with Crippen molar-refractivity contribution in [2.45, 2.75) is 19.2 Å². The fourth-order valence-corrected chi connectivity index (χ4v) is 3.22. The van der Waals surface area contributed by atoms with Gasteiger partial charge in [0.05, 0.1) is 25.3 Å². The first kappa shape index (κ1) is 16.1. The molecule has 23 heavy (non-hydrogen) atoms. The number of methoxy groups -OCH3 is 2. The van der Waals surface area contributed by atoms with Crippen LogP contribution < -0.4 is 9.47 Å². The number of rotatable bonds is 4. The number of hydrogen-bond donors (Lipinski definition) is 1. The molecular formula is C17H19ClN2O3. The number of benzene rings is 1. The van der Waals surface area contributed by atoms with Gasteiger partial charge >= 0.3 is 0 Å². The normalized spacial score (nSPS) is 17.7. The van der Waals surface area contributed by atoms with Crippen LogP contribution in [0, 0.1) is 0 Å². The van der Waals surface area contributed by atoms with Crippen molar-refractivity contribution in [3.63, 3.8) is 0 Å². The molecule has 2 aromatic rings. The van der Waals surface area contributed by atoms with Gasteiger partial charge in [-0.25, -0.2) is 0 Å². The summed E-state index contributed by atoms with van der Waals surface area (Å²) in [5.74, 6) is 1.44. The largest absolute Gasteiger partial charge is 0.496 e. The Hall–Kier alpha value is -1.82. The summed E-state index contributed by atoms with van der Waals surface area (Å²) in [6.07, 6.45) is 2.72. The number of fused-ring (bicyclic) bond motifs is 1. The van der Waals surface area contributed by atoms with Crippen LogP contribution in [0.25, 0.3) is 0 Å². The van der Waals surface area contributed by atoms with Crippen LogP contribution in [0.15, 0.2) is 30.6 Å². The van der Waals surface area contributed by atoms with E-state index in [1.165, 1.54) is 0 Å². The maximum atomic E-state index is 10.6. The standard InChI is InChI=1S/C17H19ClN2O3/c1-22-15-3-4-16(23-2)17-12(15)9-20(10-14(17)21)8-11-5-6-19-7-13(11)18/h3-7,14,21H,8-10H2,1-2H3/t14-/m0/s1. The Balaban J connectivity index is 1.92. The Labute approximate surface area is 140 Å². The summed E-state index contributed by atoms with van der Waals surface area (Å²) in [5, 5.41) is 11.2. The van der Waals surface area contributed by atoms with Crippen molar-refractivity contribution in [1.82, 2.24) is 9.88 Å². The minimum absolute atomic E-state index is 0.509. The SMILES string of the molecule is COc1ccc(OC)c2c1CN(Cc1ccncc1Cl)C[C@@H]2O. The van der Waals surface area contributed by atoms with E-state index in [1.807, 2.05) is 18.2 Å². The van der Waals surface area contributed by atoms with Gasteiger partial charge in [-0.3, -0.25) is 9.88 Å². The fourth-order valence-electron chi connectivity index (χ4n) is 3.04. The van der Waals surface area contributed by atoms with E-state index in [4.69, 9.17) is 21.1 Å². The lowest BCUT2D eigenvalue weighted by Gasteiger charge is -2.34. The number of halogens is 1. The molecule has 1 aliphatic heterocycles. The molecule has 1 N–H and O–H groups in total. The number of hydrogen-bond acceptors (Lipinski definition) is 5. The third kappa shape index (κ3) is 3.13. The molecule has 0 saturated heterocycles. The first-order chi connectivity index (χ1) is 11.1. The van der Waals surface area contributed by atoms with Crippen LogP contribution in [0.3, 0.4) is 0 Å². The van der Waals surface area contributed by atoms with Gasteiger partial charge in [-0.1, -0.05) is 11.6 Å². The quantitative estimate of drug-likeness (QED) is 0.931. The molecule has 1 atom stereocenters. The molecule has 2 heterocycles. The number of ether oxygens (including phenoxy) is 2. The Kier molecular flexibility index (Phi) is 4.71. The van der Waals surface area contributed by atoms with Crippen molar-refractivity contribution in [2.24, 2.45) is 0 Å². The molecule has 0 unspecified atom stereocenters. The zero-order valence-corrected chi connectivity index (χ0v) is 13.9. The molecular weight excluding hydrogens is 316 g/mol. The van der Waals surface area contributed by atoms with Crippen LogP contribution in [-0.4, -0.2) is 35.8 Å². The van der Waals surface area contributed by atoms with Gasteiger partial charge in [-0.15, -0.1) is 0 Å². The summed E-state index contributed by atoms with van der Waals surface area (Å²) >= 11 is 6.19. The average molecular weight is 335 g/mol. The van der Waals surface area contributed by atoms with Crippen LogP contribution >= 0.6 is 11.6 Å². The Morgan fingerprint density at radius 3 is 2.70 bits per heavy atom. The van der Waals surface area contributed by atoms with Gasteiger partial charge < -0.3 is 14.6 Å². The summed E-state index contributed by atoms with van der Waals surface area (Å²) in [7, 11) is 3.24. The predicted molar refractivity (Wildman–Crippen MR) is 87.9 cm³/mol. The molecule has 0 spiro atoms. The number of aliphatic hydroxyl groups is 1. The molecule has 3 rings (SSSR count). The maximum absolute atomic E-state index is 10.6. The van der Waals surface area contributed by atoms with Gasteiger partial charge in [0, 0.05) is 43.2 Å². The third-order valence-corrected chi connectivity index (χ3v) is 4.45. The summed E-state index contributed by atoms with van der Waals surface area (Å²) in [6.45, 7) is 1.80. The van der Waals surface area contributed by atoms with E-state index < -0.39 is 6.10 Å². The van der Waals surface area contributed by atoms with Crippen LogP contribution in [0.5, 0.6) is 11.5 Å². The molecule has 0 amide bonds. The molecule has 5 nitrogen and oxygen atoms in total. The second kappa shape index (κ2) is 6.74. The van der Waals surface area contributed by atoms with Crippen LogP contribution in [-0.2, 0) is 13.1 Å². The summed E-state index contributed by atoms with van der Waals surface area (Å²) < 4.78 is 10.8. The number of pyridine rings is 1. The predicted octanol–water partition coefficient (Wildman–Crippen LogP) is 2.80. The minimum atomic E-state index is -0.635. The molecule has 0 bridgehead atoms. The molecule has 0 radical (unpaired) electrons. The van der Waals surface area contributed by atoms with E-state index in [1.54, 1.807) is 26.6 Å². The van der Waals surface area contributed by atoms with Gasteiger partial charge in [0.1, 0.15) is 11.5 Å². The summed E-state index contributed by atoms with van der Waals surface area (Å²) in [5.41, 5.74) is 2.75. The fraction of sp³-hybridized carbons (Fsp3) is 0.353. The van der Waals surface area contributed by atoms with Crippen LogP contribution in [0.4, 0.5) is 0 Å². The first-order valence-corrected chi connectivity index (χ1v) is 7.74. The van der Waals surface area contributed by atoms with Gasteiger partial charge in [-0.2, -0.15) is 0 Å². The van der Waals surface area contributed by atoms with Crippen LogP contribution in [0.1, 0.15) is 22.8 Å². The van der Waals surface area contributed by atoms with E-state index in [-0.39, 0.29) is 0 Å². The van der Waals surface area contributed by atoms with Gasteiger partial charge in [0.25, 0.3) is 0 Å². The van der Waals surface area contributed by atoms with Gasteiger partial charge in [0.15, 0.2) is 0 Å². The minimum Gasteiger partial charge on any atom is -0.496 e. The van der Waals surface area contributed by atoms with E-state index >= 15 is 0 Å². The van der Waals surface area contributed by atoms with Crippen molar-refractivity contribution in [1.29, 1.82) is 0 Å². The van der Waals surface area contributed by atoms with Gasteiger partial charge in [-0.05, 0) is 23.8 Å². The highest BCUT2D eigenvalue weighted by Gasteiger charge is 2.29. The topological polar surface area (TPSA) is 54.8 Å². The lowest BCUT2D eigenvalue weighted by Crippen LogP contribution is -2.33. The van der Waals surface area contributed by atoms with E-state index in [9.17, 15) is 5.11 Å². The Morgan fingerprint density at radius 1 is 1.26 bits per heavy atom. The number of nitrogens with zero attached hydrogens (tertiary/aromatic N) is 2. The molecule has 0 aliphatic carbocycles. The van der Waals surface area contributed by atoms with Crippen molar-refractivity contribution in [2.75, 3.05) is 20.8 Å². The average Bonchev–Trinajstić information content (AvgIpc) is 2.56. The molecule has 1 aromatic heterocycles. The third-order valence-electron chi connectivity index (χ3n) is 4.11. The molecule has 1 aliphatic rings. The maximum Gasteiger partial charge on any atom is 0.125 e. The molecule has 0 saturated carbocycles.